The standard InChI is InChI=1S/C20H28N6O4/c1-13-5-3-4-6-15(13)30-12-14(27)11-26-16-17(24(2)20(29)23-18(16)28)22-19(26)25-9-7-21-8-10-25/h3-6,14,16-17,21,27H,7-12H2,1-2H3,(H,23,28,29). The first kappa shape index (κ1) is 20.4. The first-order valence-corrected chi connectivity index (χ1v) is 10.2. The fraction of sp³-hybridized carbons (Fsp3) is 0.550. The highest BCUT2D eigenvalue weighted by Crippen LogP contribution is 2.26. The van der Waals surface area contributed by atoms with Crippen molar-refractivity contribution < 1.29 is 19.4 Å². The number of fused-ring (bicyclic) bond motifs is 1. The van der Waals surface area contributed by atoms with Crippen LogP contribution in [0.15, 0.2) is 29.3 Å². The third-order valence-corrected chi connectivity index (χ3v) is 5.67. The average molecular weight is 416 g/mol. The van der Waals surface area contributed by atoms with E-state index in [0.717, 1.165) is 31.7 Å². The van der Waals surface area contributed by atoms with Crippen molar-refractivity contribution in [1.29, 1.82) is 0 Å². The molecule has 3 atom stereocenters. The second-order valence-corrected chi connectivity index (χ2v) is 7.81. The number of ether oxygens (including phenoxy) is 1. The maximum atomic E-state index is 12.7. The molecule has 3 unspecified atom stereocenters. The van der Waals surface area contributed by atoms with Crippen molar-refractivity contribution in [3.05, 3.63) is 29.8 Å². The van der Waals surface area contributed by atoms with Gasteiger partial charge in [-0.1, -0.05) is 18.2 Å². The third-order valence-electron chi connectivity index (χ3n) is 5.67. The van der Waals surface area contributed by atoms with Crippen molar-refractivity contribution >= 4 is 17.9 Å². The number of aliphatic hydroxyl groups excluding tert-OH is 1. The molecular weight excluding hydrogens is 388 g/mol. The van der Waals surface area contributed by atoms with E-state index < -0.39 is 30.2 Å². The van der Waals surface area contributed by atoms with Gasteiger partial charge in [0.25, 0.3) is 5.91 Å². The molecule has 2 saturated heterocycles. The number of likely N-dealkylation sites (N-methyl/N-ethyl adjacent to an activating group) is 1. The number of benzene rings is 1. The lowest BCUT2D eigenvalue weighted by atomic mass is 10.1. The Labute approximate surface area is 175 Å². The fourth-order valence-corrected chi connectivity index (χ4v) is 4.02. The van der Waals surface area contributed by atoms with Crippen LogP contribution in [0, 0.1) is 6.92 Å². The number of rotatable bonds is 5. The van der Waals surface area contributed by atoms with E-state index in [1.807, 2.05) is 31.2 Å². The van der Waals surface area contributed by atoms with E-state index in [9.17, 15) is 14.7 Å². The van der Waals surface area contributed by atoms with Crippen molar-refractivity contribution in [2.24, 2.45) is 4.99 Å². The number of carbonyl (C=O) groups excluding carboxylic acids is 2. The minimum absolute atomic E-state index is 0.0873. The van der Waals surface area contributed by atoms with Crippen LogP contribution in [0.25, 0.3) is 0 Å². The number of piperazine rings is 1. The lowest BCUT2D eigenvalue weighted by Gasteiger charge is -2.39. The molecule has 2 fully saturated rings. The summed E-state index contributed by atoms with van der Waals surface area (Å²) < 4.78 is 5.79. The number of nitrogens with one attached hydrogen (secondary N) is 2. The molecule has 0 saturated carbocycles. The number of para-hydroxylation sites is 1. The molecule has 3 heterocycles. The number of urea groups is 1. The predicted molar refractivity (Wildman–Crippen MR) is 110 cm³/mol. The molecule has 4 rings (SSSR count). The molecule has 3 aliphatic heterocycles. The van der Waals surface area contributed by atoms with Crippen LogP contribution in [0.5, 0.6) is 5.75 Å². The Kier molecular flexibility index (Phi) is 5.78. The molecule has 3 amide bonds. The van der Waals surface area contributed by atoms with Crippen molar-refractivity contribution in [2.45, 2.75) is 25.2 Å². The largest absolute Gasteiger partial charge is 0.491 e. The van der Waals surface area contributed by atoms with E-state index in [1.165, 1.54) is 4.90 Å². The average Bonchev–Trinajstić information content (AvgIpc) is 3.12. The normalized spacial score (nSPS) is 25.0. The summed E-state index contributed by atoms with van der Waals surface area (Å²) in [7, 11) is 1.62. The van der Waals surface area contributed by atoms with E-state index >= 15 is 0 Å². The molecule has 30 heavy (non-hydrogen) atoms. The van der Waals surface area contributed by atoms with Gasteiger partial charge in [0.15, 0.2) is 18.2 Å². The number of aliphatic imine (C=N–C) groups is 1. The van der Waals surface area contributed by atoms with E-state index in [0.29, 0.717) is 11.7 Å². The second-order valence-electron chi connectivity index (χ2n) is 7.81. The highest BCUT2D eigenvalue weighted by Gasteiger charge is 2.50. The Balaban J connectivity index is 1.50. The summed E-state index contributed by atoms with van der Waals surface area (Å²) >= 11 is 0. The van der Waals surface area contributed by atoms with E-state index in [2.05, 4.69) is 15.5 Å². The Hall–Kier alpha value is -2.85. The van der Waals surface area contributed by atoms with Gasteiger partial charge < -0.3 is 29.9 Å². The highest BCUT2D eigenvalue weighted by molar-refractivity contribution is 6.03. The van der Waals surface area contributed by atoms with Gasteiger partial charge in [0.2, 0.25) is 0 Å². The molecule has 3 aliphatic rings. The number of hydrogen-bond donors (Lipinski definition) is 3. The van der Waals surface area contributed by atoms with Crippen LogP contribution in [-0.4, -0.2) is 102 Å². The molecule has 0 aliphatic carbocycles. The second kappa shape index (κ2) is 8.49. The molecule has 0 aromatic heterocycles. The van der Waals surface area contributed by atoms with Gasteiger partial charge in [-0.25, -0.2) is 9.79 Å². The Morgan fingerprint density at radius 2 is 2.00 bits per heavy atom. The number of hydrogen-bond acceptors (Lipinski definition) is 8. The topological polar surface area (TPSA) is 110 Å². The zero-order chi connectivity index (χ0) is 21.3. The number of amides is 3. The van der Waals surface area contributed by atoms with Crippen molar-refractivity contribution in [3.63, 3.8) is 0 Å². The monoisotopic (exact) mass is 416 g/mol. The predicted octanol–water partition coefficient (Wildman–Crippen LogP) is -0.812. The first-order chi connectivity index (χ1) is 14.5. The van der Waals surface area contributed by atoms with Gasteiger partial charge in [-0.3, -0.25) is 10.1 Å². The van der Waals surface area contributed by atoms with Gasteiger partial charge in [-0.15, -0.1) is 0 Å². The Morgan fingerprint density at radius 3 is 2.73 bits per heavy atom. The molecule has 0 radical (unpaired) electrons. The van der Waals surface area contributed by atoms with Crippen LogP contribution in [-0.2, 0) is 4.79 Å². The van der Waals surface area contributed by atoms with Crippen LogP contribution >= 0.6 is 0 Å². The number of aryl methyl sites for hydroxylation is 1. The summed E-state index contributed by atoms with van der Waals surface area (Å²) in [6, 6.07) is 6.48. The summed E-state index contributed by atoms with van der Waals surface area (Å²) in [5.74, 6) is 0.953. The van der Waals surface area contributed by atoms with Crippen molar-refractivity contribution in [1.82, 2.24) is 25.3 Å². The van der Waals surface area contributed by atoms with Gasteiger partial charge in [-0.05, 0) is 18.6 Å². The number of nitrogens with zero attached hydrogens (tertiary/aromatic N) is 4. The fourth-order valence-electron chi connectivity index (χ4n) is 4.02. The molecule has 3 N–H and O–H groups in total. The van der Waals surface area contributed by atoms with Gasteiger partial charge in [-0.2, -0.15) is 0 Å². The van der Waals surface area contributed by atoms with Crippen molar-refractivity contribution in [3.8, 4) is 5.75 Å². The summed E-state index contributed by atoms with van der Waals surface area (Å²) in [6.45, 7) is 5.30. The Bertz CT molecular complexity index is 840. The summed E-state index contributed by atoms with van der Waals surface area (Å²) in [5, 5.41) is 16.4. The number of β-amino-alcohol motifs (C(OH)–C–C–N with tert-alkyl or cyclic N) is 1. The third kappa shape index (κ3) is 3.92. The Morgan fingerprint density at radius 1 is 1.27 bits per heavy atom. The van der Waals surface area contributed by atoms with E-state index in [4.69, 9.17) is 9.73 Å². The lowest BCUT2D eigenvalue weighted by Crippen LogP contribution is -2.65. The lowest BCUT2D eigenvalue weighted by molar-refractivity contribution is -0.127. The van der Waals surface area contributed by atoms with Crippen LogP contribution in [0.1, 0.15) is 5.56 Å². The number of carbonyl (C=O) groups is 2. The molecule has 0 spiro atoms. The van der Waals surface area contributed by atoms with Crippen LogP contribution in [0.3, 0.4) is 0 Å². The van der Waals surface area contributed by atoms with Gasteiger partial charge in [0, 0.05) is 33.2 Å². The van der Waals surface area contributed by atoms with Crippen LogP contribution < -0.4 is 15.4 Å². The van der Waals surface area contributed by atoms with Gasteiger partial charge in [0.1, 0.15) is 18.5 Å². The maximum Gasteiger partial charge on any atom is 0.325 e. The minimum atomic E-state index is -0.841. The molecule has 10 heteroatoms. The SMILES string of the molecule is Cc1ccccc1OCC(O)CN1C(N2CCNCC2)=NC2C1C(=O)NC(=O)N2C. The van der Waals surface area contributed by atoms with Gasteiger partial charge in [0.05, 0.1) is 6.54 Å². The minimum Gasteiger partial charge on any atom is -0.491 e. The molecule has 1 aromatic carbocycles. The maximum absolute atomic E-state index is 12.7. The summed E-state index contributed by atoms with van der Waals surface area (Å²) in [5.41, 5.74) is 0.987. The van der Waals surface area contributed by atoms with Crippen molar-refractivity contribution in [2.75, 3.05) is 46.4 Å². The molecule has 1 aromatic rings. The number of guanidine groups is 1. The quantitative estimate of drug-likeness (QED) is 0.576. The summed E-state index contributed by atoms with van der Waals surface area (Å²) in [4.78, 5) is 34.8. The van der Waals surface area contributed by atoms with E-state index in [-0.39, 0.29) is 13.2 Å². The van der Waals surface area contributed by atoms with Gasteiger partial charge >= 0.3 is 6.03 Å². The number of aliphatic hydroxyl groups is 1. The molecule has 0 bridgehead atoms. The molecule has 162 valence electrons. The van der Waals surface area contributed by atoms with E-state index in [1.54, 1.807) is 11.9 Å². The smallest absolute Gasteiger partial charge is 0.325 e. The summed E-state index contributed by atoms with van der Waals surface area (Å²) in [6.07, 6.45) is -1.45. The van der Waals surface area contributed by atoms with Crippen LogP contribution in [0.2, 0.25) is 0 Å². The zero-order valence-electron chi connectivity index (χ0n) is 17.2. The molecular formula is C20H28N6O4. The molecule has 10 nitrogen and oxygen atoms in total. The highest BCUT2D eigenvalue weighted by atomic mass is 16.5. The van der Waals surface area contributed by atoms with Crippen LogP contribution in [0.4, 0.5) is 4.79 Å². The first-order valence-electron chi connectivity index (χ1n) is 10.2. The number of imide groups is 1. The zero-order valence-corrected chi connectivity index (χ0v) is 17.2.